The van der Waals surface area contributed by atoms with Crippen molar-refractivity contribution in [3.8, 4) is 0 Å². The first kappa shape index (κ1) is 11.6. The van der Waals surface area contributed by atoms with Crippen LogP contribution in [0.15, 0.2) is 4.52 Å². The molecule has 3 heteroatoms. The molecule has 0 aliphatic heterocycles. The van der Waals surface area contributed by atoms with Crippen molar-refractivity contribution >= 4 is 0 Å². The predicted molar refractivity (Wildman–Crippen MR) is 64.4 cm³/mol. The van der Waals surface area contributed by atoms with E-state index in [1.54, 1.807) is 0 Å². The van der Waals surface area contributed by atoms with Crippen LogP contribution in [0.3, 0.4) is 0 Å². The summed E-state index contributed by atoms with van der Waals surface area (Å²) in [4.78, 5) is 0. The van der Waals surface area contributed by atoms with Crippen LogP contribution < -0.4 is 5.32 Å². The Bertz CT molecular complexity index is 344. The summed E-state index contributed by atoms with van der Waals surface area (Å²) in [6, 6.07) is 0. The van der Waals surface area contributed by atoms with Gasteiger partial charge in [-0.05, 0) is 31.7 Å². The highest BCUT2D eigenvalue weighted by Gasteiger charge is 2.28. The SMILES string of the molecule is CCC1CCc2c(CNCC(C)C)noc21. The Hall–Kier alpha value is -0.830. The molecule has 1 N–H and O–H groups in total. The third-order valence-corrected chi connectivity index (χ3v) is 3.35. The molecule has 0 aromatic carbocycles. The minimum absolute atomic E-state index is 0.612. The van der Waals surface area contributed by atoms with Crippen LogP contribution in [0.1, 0.15) is 56.5 Å². The van der Waals surface area contributed by atoms with Crippen LogP contribution in [0, 0.1) is 5.92 Å². The molecule has 0 bridgehead atoms. The van der Waals surface area contributed by atoms with E-state index in [4.69, 9.17) is 4.52 Å². The van der Waals surface area contributed by atoms with Gasteiger partial charge in [0.05, 0.1) is 0 Å². The minimum atomic E-state index is 0.612. The second-order valence-electron chi connectivity index (χ2n) is 5.14. The molecule has 0 amide bonds. The summed E-state index contributed by atoms with van der Waals surface area (Å²) in [6.07, 6.45) is 3.56. The average molecular weight is 222 g/mol. The third-order valence-electron chi connectivity index (χ3n) is 3.35. The fraction of sp³-hybridized carbons (Fsp3) is 0.769. The molecule has 1 atom stereocenters. The van der Waals surface area contributed by atoms with Gasteiger partial charge in [-0.15, -0.1) is 0 Å². The van der Waals surface area contributed by atoms with E-state index in [-0.39, 0.29) is 0 Å². The molecule has 3 nitrogen and oxygen atoms in total. The van der Waals surface area contributed by atoms with E-state index in [9.17, 15) is 0 Å². The summed E-state index contributed by atoms with van der Waals surface area (Å²) in [6.45, 7) is 8.55. The normalized spacial score (nSPS) is 19.4. The first-order chi connectivity index (χ1) is 7.72. The van der Waals surface area contributed by atoms with E-state index in [0.717, 1.165) is 31.0 Å². The van der Waals surface area contributed by atoms with Gasteiger partial charge in [0, 0.05) is 18.0 Å². The van der Waals surface area contributed by atoms with Crippen LogP contribution in [0.5, 0.6) is 0 Å². The Labute approximate surface area is 97.6 Å². The van der Waals surface area contributed by atoms with Gasteiger partial charge in [-0.1, -0.05) is 25.9 Å². The lowest BCUT2D eigenvalue weighted by Crippen LogP contribution is -2.19. The molecule has 0 radical (unpaired) electrons. The molecule has 1 aliphatic carbocycles. The van der Waals surface area contributed by atoms with E-state index in [2.05, 4.69) is 31.2 Å². The molecule has 1 aromatic heterocycles. The van der Waals surface area contributed by atoms with Crippen LogP contribution in [0.4, 0.5) is 0 Å². The fourth-order valence-electron chi connectivity index (χ4n) is 2.40. The molecule has 0 spiro atoms. The zero-order valence-corrected chi connectivity index (χ0v) is 10.5. The minimum Gasteiger partial charge on any atom is -0.361 e. The van der Waals surface area contributed by atoms with Crippen LogP contribution >= 0.6 is 0 Å². The van der Waals surface area contributed by atoms with Crippen molar-refractivity contribution in [3.05, 3.63) is 17.0 Å². The van der Waals surface area contributed by atoms with Crippen molar-refractivity contribution in [2.24, 2.45) is 5.92 Å². The van der Waals surface area contributed by atoms with Crippen LogP contribution in [-0.4, -0.2) is 11.7 Å². The van der Waals surface area contributed by atoms with Gasteiger partial charge in [0.2, 0.25) is 0 Å². The zero-order valence-electron chi connectivity index (χ0n) is 10.5. The third kappa shape index (κ3) is 2.29. The van der Waals surface area contributed by atoms with Gasteiger partial charge in [-0.25, -0.2) is 0 Å². The monoisotopic (exact) mass is 222 g/mol. The highest BCUT2D eigenvalue weighted by atomic mass is 16.5. The lowest BCUT2D eigenvalue weighted by atomic mass is 10.1. The quantitative estimate of drug-likeness (QED) is 0.832. The van der Waals surface area contributed by atoms with E-state index in [1.807, 2.05) is 0 Å². The molecule has 1 aliphatic rings. The molecule has 1 heterocycles. The smallest absolute Gasteiger partial charge is 0.143 e. The summed E-state index contributed by atoms with van der Waals surface area (Å²) in [5, 5.41) is 7.62. The summed E-state index contributed by atoms with van der Waals surface area (Å²) in [5.74, 6) is 2.45. The lowest BCUT2D eigenvalue weighted by molar-refractivity contribution is 0.352. The Balaban J connectivity index is 1.97. The topological polar surface area (TPSA) is 38.1 Å². The second kappa shape index (κ2) is 5.00. The Morgan fingerprint density at radius 1 is 1.50 bits per heavy atom. The summed E-state index contributed by atoms with van der Waals surface area (Å²) in [7, 11) is 0. The van der Waals surface area contributed by atoms with E-state index >= 15 is 0 Å². The number of aromatic nitrogens is 1. The van der Waals surface area contributed by atoms with Crippen molar-refractivity contribution in [1.82, 2.24) is 10.5 Å². The maximum Gasteiger partial charge on any atom is 0.143 e. The second-order valence-corrected chi connectivity index (χ2v) is 5.14. The Morgan fingerprint density at radius 2 is 2.31 bits per heavy atom. The highest BCUT2D eigenvalue weighted by molar-refractivity contribution is 5.30. The maximum absolute atomic E-state index is 5.48. The van der Waals surface area contributed by atoms with Crippen molar-refractivity contribution in [2.45, 2.75) is 52.5 Å². The molecule has 90 valence electrons. The van der Waals surface area contributed by atoms with Crippen LogP contribution in [0.25, 0.3) is 0 Å². The number of nitrogens with zero attached hydrogens (tertiary/aromatic N) is 1. The maximum atomic E-state index is 5.48. The van der Waals surface area contributed by atoms with E-state index in [0.29, 0.717) is 11.8 Å². The first-order valence-corrected chi connectivity index (χ1v) is 6.40. The molecular formula is C13H22N2O. The molecule has 1 unspecified atom stereocenters. The Morgan fingerprint density at radius 3 is 3.00 bits per heavy atom. The van der Waals surface area contributed by atoms with E-state index < -0.39 is 0 Å². The predicted octanol–water partition coefficient (Wildman–Crippen LogP) is 2.86. The number of nitrogens with one attached hydrogen (secondary N) is 1. The van der Waals surface area contributed by atoms with Gasteiger partial charge >= 0.3 is 0 Å². The van der Waals surface area contributed by atoms with Crippen LogP contribution in [-0.2, 0) is 13.0 Å². The van der Waals surface area contributed by atoms with Gasteiger partial charge in [-0.2, -0.15) is 0 Å². The van der Waals surface area contributed by atoms with Gasteiger partial charge in [0.15, 0.2) is 0 Å². The van der Waals surface area contributed by atoms with Gasteiger partial charge < -0.3 is 9.84 Å². The standard InChI is InChI=1S/C13H22N2O/c1-4-10-5-6-11-12(15-16-13(10)11)8-14-7-9(2)3/h9-10,14H,4-8H2,1-3H3. The van der Waals surface area contributed by atoms with Crippen molar-refractivity contribution in [3.63, 3.8) is 0 Å². The van der Waals surface area contributed by atoms with Gasteiger partial charge in [-0.3, -0.25) is 0 Å². The van der Waals surface area contributed by atoms with Crippen molar-refractivity contribution in [1.29, 1.82) is 0 Å². The average Bonchev–Trinajstić information content (AvgIpc) is 2.79. The number of fused-ring (bicyclic) bond motifs is 1. The highest BCUT2D eigenvalue weighted by Crippen LogP contribution is 2.36. The zero-order chi connectivity index (χ0) is 11.5. The molecule has 0 saturated heterocycles. The number of hydrogen-bond donors (Lipinski definition) is 1. The molecule has 0 saturated carbocycles. The molecule has 0 fully saturated rings. The van der Waals surface area contributed by atoms with Gasteiger partial charge in [0.1, 0.15) is 11.5 Å². The summed E-state index contributed by atoms with van der Waals surface area (Å²) < 4.78 is 5.48. The summed E-state index contributed by atoms with van der Waals surface area (Å²) >= 11 is 0. The molecule has 1 aromatic rings. The van der Waals surface area contributed by atoms with Crippen molar-refractivity contribution < 1.29 is 4.52 Å². The number of rotatable bonds is 5. The lowest BCUT2D eigenvalue weighted by Gasteiger charge is -2.05. The molecule has 16 heavy (non-hydrogen) atoms. The summed E-state index contributed by atoms with van der Waals surface area (Å²) in [5.41, 5.74) is 2.51. The molecular weight excluding hydrogens is 200 g/mol. The fourth-order valence-corrected chi connectivity index (χ4v) is 2.40. The van der Waals surface area contributed by atoms with Crippen molar-refractivity contribution in [2.75, 3.05) is 6.54 Å². The first-order valence-electron chi connectivity index (χ1n) is 6.40. The van der Waals surface area contributed by atoms with E-state index in [1.165, 1.54) is 18.4 Å². The Kier molecular flexibility index (Phi) is 3.64. The number of hydrogen-bond acceptors (Lipinski definition) is 3. The molecule has 2 rings (SSSR count). The van der Waals surface area contributed by atoms with Gasteiger partial charge in [0.25, 0.3) is 0 Å². The largest absolute Gasteiger partial charge is 0.361 e. The van der Waals surface area contributed by atoms with Crippen LogP contribution in [0.2, 0.25) is 0 Å².